The maximum absolute atomic E-state index is 11.4. The van der Waals surface area contributed by atoms with Gasteiger partial charge in [-0.3, -0.25) is 4.79 Å². The molecule has 98 valence electrons. The predicted molar refractivity (Wildman–Crippen MR) is 77.3 cm³/mol. The van der Waals surface area contributed by atoms with Crippen LogP contribution < -0.4 is 4.52 Å². The Morgan fingerprint density at radius 2 is 2.11 bits per heavy atom. The normalized spacial score (nSPS) is 27.2. The highest BCUT2D eigenvalue weighted by Gasteiger charge is 2.41. The summed E-state index contributed by atoms with van der Waals surface area (Å²) in [5.41, 5.74) is 1.22. The number of Topliss-reactive ketones (excluding diaryl/α,β-unsaturated/α-hetero) is 1. The third-order valence-corrected chi connectivity index (χ3v) is 5.74. The topological polar surface area (TPSA) is 29.3 Å². The minimum absolute atomic E-state index is 0.0721. The van der Waals surface area contributed by atoms with E-state index in [0.717, 1.165) is 12.2 Å². The molecule has 0 radical (unpaired) electrons. The Bertz CT molecular complexity index is 524. The lowest BCUT2D eigenvalue weighted by molar-refractivity contribution is -0.119. The van der Waals surface area contributed by atoms with E-state index >= 15 is 0 Å². The molecule has 0 saturated carbocycles. The monoisotopic (exact) mass is 265 g/mol. The number of nitrogens with zero attached hydrogens (tertiary/aromatic N) is 1. The van der Waals surface area contributed by atoms with Crippen LogP contribution in [0.2, 0.25) is 0 Å². The van der Waals surface area contributed by atoms with Gasteiger partial charge in [-0.15, -0.1) is 0 Å². The average molecular weight is 265 g/mol. The lowest BCUT2D eigenvalue weighted by Gasteiger charge is -2.20. The first-order valence-electron chi connectivity index (χ1n) is 6.27. The first kappa shape index (κ1) is 13.4. The van der Waals surface area contributed by atoms with Gasteiger partial charge < -0.3 is 4.52 Å². The second-order valence-corrected chi connectivity index (χ2v) is 7.54. The number of carbonyl (C=O) groups excluding carboxylic acids is 1. The van der Waals surface area contributed by atoms with Crippen molar-refractivity contribution in [3.63, 3.8) is 0 Å². The molecule has 4 heteroatoms. The molecule has 2 rings (SSSR count). The fraction of sp³-hybridized carbons (Fsp3) is 0.429. The van der Waals surface area contributed by atoms with Gasteiger partial charge in [0.25, 0.3) is 0 Å². The van der Waals surface area contributed by atoms with Crippen LogP contribution >= 0.6 is 7.26 Å². The molecule has 0 saturated heterocycles. The number of ketones is 1. The molecule has 0 amide bonds. The van der Waals surface area contributed by atoms with Gasteiger partial charge >= 0.3 is 0 Å². The van der Waals surface area contributed by atoms with E-state index in [1.807, 2.05) is 25.1 Å². The number of rotatable bonds is 5. The summed E-state index contributed by atoms with van der Waals surface area (Å²) in [6.07, 6.45) is 0.957. The van der Waals surface area contributed by atoms with Gasteiger partial charge in [-0.2, -0.15) is 0 Å². The summed E-state index contributed by atoms with van der Waals surface area (Å²) in [4.78, 5) is 11.4. The minimum atomic E-state index is -1.66. The molecule has 3 nitrogen and oxygen atoms in total. The number of para-hydroxylation sites is 1. The molecule has 0 N–H and O–H groups in total. The number of hydrogen-bond acceptors (Lipinski definition) is 3. The van der Waals surface area contributed by atoms with Crippen molar-refractivity contribution >= 4 is 19.0 Å². The molecule has 0 spiro atoms. The summed E-state index contributed by atoms with van der Waals surface area (Å²) in [5.74, 6) is 3.21. The van der Waals surface area contributed by atoms with Crippen molar-refractivity contribution in [1.29, 1.82) is 0 Å². The second-order valence-electron chi connectivity index (χ2n) is 4.78. The van der Waals surface area contributed by atoms with Crippen molar-refractivity contribution < 1.29 is 9.32 Å². The standard InChI is InChI=1S/C14H20NO2P/c1-5-13-8-6-7-9-14(13)17-18(4)10-15(18)11(2)12(3)16/h6-11H,5H2,1-4H3. The van der Waals surface area contributed by atoms with Gasteiger partial charge in [0, 0.05) is 12.6 Å². The Labute approximate surface area is 109 Å². The largest absolute Gasteiger partial charge is 0.461 e. The Hall–Kier alpha value is -1.05. The third kappa shape index (κ3) is 2.52. The first-order valence-corrected chi connectivity index (χ1v) is 8.44. The van der Waals surface area contributed by atoms with Crippen LogP contribution in [-0.2, 0) is 11.2 Å². The highest BCUT2D eigenvalue weighted by molar-refractivity contribution is 7.76. The lowest BCUT2D eigenvalue weighted by Crippen LogP contribution is -2.24. The zero-order valence-corrected chi connectivity index (χ0v) is 12.3. The molecule has 1 aromatic rings. The van der Waals surface area contributed by atoms with Gasteiger partial charge in [-0.25, -0.2) is 4.67 Å². The molecular weight excluding hydrogens is 245 g/mol. The molecule has 0 bridgehead atoms. The van der Waals surface area contributed by atoms with Gasteiger partial charge in [0.2, 0.25) is 0 Å². The summed E-state index contributed by atoms with van der Waals surface area (Å²) >= 11 is 0. The summed E-state index contributed by atoms with van der Waals surface area (Å²) in [6.45, 7) is 7.77. The Kier molecular flexibility index (Phi) is 3.65. The fourth-order valence-electron chi connectivity index (χ4n) is 1.98. The van der Waals surface area contributed by atoms with E-state index in [4.69, 9.17) is 4.52 Å². The Morgan fingerprint density at radius 3 is 2.72 bits per heavy atom. The van der Waals surface area contributed by atoms with Gasteiger partial charge in [0.05, 0.1) is 6.04 Å². The highest BCUT2D eigenvalue weighted by Crippen LogP contribution is 2.60. The molecule has 18 heavy (non-hydrogen) atoms. The van der Waals surface area contributed by atoms with Crippen molar-refractivity contribution in [1.82, 2.24) is 4.67 Å². The summed E-state index contributed by atoms with van der Waals surface area (Å²) < 4.78 is 8.22. The lowest BCUT2D eigenvalue weighted by atomic mass is 10.1. The molecule has 3 unspecified atom stereocenters. The van der Waals surface area contributed by atoms with Crippen LogP contribution in [0.25, 0.3) is 0 Å². The molecule has 0 fully saturated rings. The SMILES string of the molecule is CCc1ccccc1OP1(C)=CN1C(C)C(C)=O. The number of hydrogen-bond donors (Lipinski definition) is 0. The predicted octanol–water partition coefficient (Wildman–Crippen LogP) is 3.16. The Morgan fingerprint density at radius 1 is 1.44 bits per heavy atom. The quantitative estimate of drug-likeness (QED) is 0.766. The third-order valence-electron chi connectivity index (χ3n) is 3.36. The molecule has 1 heterocycles. The van der Waals surface area contributed by atoms with Crippen LogP contribution in [0.1, 0.15) is 26.3 Å². The van der Waals surface area contributed by atoms with E-state index in [9.17, 15) is 4.79 Å². The van der Waals surface area contributed by atoms with Crippen LogP contribution in [0.4, 0.5) is 0 Å². The zero-order chi connectivity index (χ0) is 13.3. The van der Waals surface area contributed by atoms with Gasteiger partial charge in [0.15, 0.2) is 0 Å². The molecule has 3 atom stereocenters. The average Bonchev–Trinajstić information content (AvgIpc) is 3.00. The number of aryl methyl sites for hydroxylation is 1. The van der Waals surface area contributed by atoms with Gasteiger partial charge in [-0.1, -0.05) is 25.1 Å². The summed E-state index contributed by atoms with van der Waals surface area (Å²) in [7, 11) is -1.66. The fourth-order valence-corrected chi connectivity index (χ4v) is 4.58. The molecular formula is C14H20NO2P. The van der Waals surface area contributed by atoms with E-state index in [1.54, 1.807) is 6.92 Å². The minimum Gasteiger partial charge on any atom is -0.461 e. The van der Waals surface area contributed by atoms with Crippen LogP contribution in [0, 0.1) is 0 Å². The van der Waals surface area contributed by atoms with Crippen molar-refractivity contribution in [3.05, 3.63) is 29.8 Å². The van der Waals surface area contributed by atoms with E-state index in [0.29, 0.717) is 0 Å². The smallest absolute Gasteiger partial charge is 0.147 e. The molecule has 0 aliphatic carbocycles. The van der Waals surface area contributed by atoms with E-state index in [-0.39, 0.29) is 11.8 Å². The second kappa shape index (κ2) is 4.91. The summed E-state index contributed by atoms with van der Waals surface area (Å²) in [6, 6.07) is 8.04. The van der Waals surface area contributed by atoms with E-state index < -0.39 is 7.26 Å². The maximum Gasteiger partial charge on any atom is 0.147 e. The zero-order valence-electron chi connectivity index (χ0n) is 11.4. The van der Waals surface area contributed by atoms with E-state index in [2.05, 4.69) is 30.2 Å². The van der Waals surface area contributed by atoms with E-state index in [1.165, 1.54) is 5.56 Å². The van der Waals surface area contributed by atoms with Gasteiger partial charge in [-0.05, 0) is 31.9 Å². The molecule has 1 aliphatic heterocycles. The first-order chi connectivity index (χ1) is 8.48. The Balaban J connectivity index is 2.12. The van der Waals surface area contributed by atoms with Gasteiger partial charge in [0.1, 0.15) is 18.8 Å². The molecule has 1 aromatic carbocycles. The van der Waals surface area contributed by atoms with Crippen molar-refractivity contribution in [2.24, 2.45) is 0 Å². The number of benzene rings is 1. The molecule has 1 aliphatic rings. The van der Waals surface area contributed by atoms with Crippen LogP contribution in [0.15, 0.2) is 24.3 Å². The maximum atomic E-state index is 11.4. The highest BCUT2D eigenvalue weighted by atomic mass is 31.2. The van der Waals surface area contributed by atoms with Crippen molar-refractivity contribution in [2.45, 2.75) is 33.2 Å². The number of carbonyl (C=O) groups is 1. The van der Waals surface area contributed by atoms with Crippen LogP contribution in [-0.4, -0.2) is 29.1 Å². The van der Waals surface area contributed by atoms with Crippen molar-refractivity contribution in [3.8, 4) is 5.75 Å². The summed E-state index contributed by atoms with van der Waals surface area (Å²) in [5, 5.41) is 0. The van der Waals surface area contributed by atoms with Crippen LogP contribution in [0.5, 0.6) is 5.75 Å². The van der Waals surface area contributed by atoms with Crippen molar-refractivity contribution in [2.75, 3.05) is 6.66 Å². The molecule has 0 aromatic heterocycles. The van der Waals surface area contributed by atoms with Crippen LogP contribution in [0.3, 0.4) is 0 Å².